The molecule has 3 N–H and O–H groups in total. The van der Waals surface area contributed by atoms with E-state index < -0.39 is 5.60 Å². The lowest BCUT2D eigenvalue weighted by Gasteiger charge is -2.75. The standard InChI is InChI=1S/C30H52O3/c1-18-11-13-26(4)15-16-28(6)19(23(26)30(18,8)33)9-10-21-27(5)14-12-22(32)25(2,3)24(27)20(31)17-29(21,28)7/h18-24,31-33H,9-17H2,1-8H3/t18-,19?,20+,21?,22+,23-,24?,26-,27-,28-,29-,30+/m1/s1. The van der Waals surface area contributed by atoms with Crippen molar-refractivity contribution >= 4 is 0 Å². The van der Waals surface area contributed by atoms with E-state index in [-0.39, 0.29) is 45.2 Å². The Hall–Kier alpha value is -0.120. The molecule has 33 heavy (non-hydrogen) atoms. The molecule has 0 spiro atoms. The van der Waals surface area contributed by atoms with Crippen LogP contribution in [0.25, 0.3) is 0 Å². The Morgan fingerprint density at radius 1 is 0.697 bits per heavy atom. The van der Waals surface area contributed by atoms with Crippen molar-refractivity contribution in [3.05, 3.63) is 0 Å². The Labute approximate surface area is 203 Å². The molecule has 0 bridgehead atoms. The molecule has 5 aliphatic carbocycles. The molecular formula is C30H52O3. The molecular weight excluding hydrogens is 408 g/mol. The summed E-state index contributed by atoms with van der Waals surface area (Å²) in [6.07, 6.45) is 9.27. The van der Waals surface area contributed by atoms with Gasteiger partial charge in [0, 0.05) is 0 Å². The lowest BCUT2D eigenvalue weighted by atomic mass is 9.30. The number of hydrogen-bond acceptors (Lipinski definition) is 3. The molecule has 0 amide bonds. The third-order valence-corrected chi connectivity index (χ3v) is 13.9. The second-order valence-corrected chi connectivity index (χ2v) is 15.5. The number of aliphatic hydroxyl groups excluding tert-OH is 2. The molecule has 190 valence electrons. The number of aliphatic hydroxyl groups is 3. The first kappa shape index (κ1) is 24.6. The third-order valence-electron chi connectivity index (χ3n) is 13.9. The fourth-order valence-electron chi connectivity index (χ4n) is 11.9. The van der Waals surface area contributed by atoms with E-state index >= 15 is 0 Å². The van der Waals surface area contributed by atoms with Gasteiger partial charge in [-0.25, -0.2) is 0 Å². The molecule has 0 aromatic rings. The van der Waals surface area contributed by atoms with Gasteiger partial charge in [-0.15, -0.1) is 0 Å². The molecule has 0 radical (unpaired) electrons. The van der Waals surface area contributed by atoms with Crippen LogP contribution in [0.3, 0.4) is 0 Å². The molecule has 5 fully saturated rings. The normalized spacial score (nSPS) is 62.5. The van der Waals surface area contributed by atoms with Crippen LogP contribution in [0.15, 0.2) is 0 Å². The highest BCUT2D eigenvalue weighted by molar-refractivity contribution is 5.21. The number of rotatable bonds is 0. The molecule has 12 atom stereocenters. The van der Waals surface area contributed by atoms with Crippen molar-refractivity contribution in [1.29, 1.82) is 0 Å². The molecule has 3 unspecified atom stereocenters. The summed E-state index contributed by atoms with van der Waals surface area (Å²) in [5.74, 6) is 1.94. The molecule has 5 saturated carbocycles. The highest BCUT2D eigenvalue weighted by Gasteiger charge is 2.72. The minimum absolute atomic E-state index is 0.0618. The van der Waals surface area contributed by atoms with E-state index in [4.69, 9.17) is 0 Å². The first-order valence-corrected chi connectivity index (χ1v) is 14.1. The Morgan fingerprint density at radius 2 is 1.36 bits per heavy atom. The van der Waals surface area contributed by atoms with E-state index in [9.17, 15) is 15.3 Å². The summed E-state index contributed by atoms with van der Waals surface area (Å²) in [7, 11) is 0. The van der Waals surface area contributed by atoms with E-state index in [0.717, 1.165) is 25.7 Å². The molecule has 0 saturated heterocycles. The maximum atomic E-state index is 11.9. The average molecular weight is 461 g/mol. The molecule has 5 aliphatic rings. The van der Waals surface area contributed by atoms with Crippen LogP contribution < -0.4 is 0 Å². The monoisotopic (exact) mass is 460 g/mol. The average Bonchev–Trinajstić information content (AvgIpc) is 2.69. The zero-order valence-corrected chi connectivity index (χ0v) is 22.7. The fourth-order valence-corrected chi connectivity index (χ4v) is 11.9. The second kappa shape index (κ2) is 7.00. The van der Waals surface area contributed by atoms with Crippen LogP contribution in [0.2, 0.25) is 0 Å². The van der Waals surface area contributed by atoms with Crippen molar-refractivity contribution in [2.45, 2.75) is 131 Å². The largest absolute Gasteiger partial charge is 0.393 e. The van der Waals surface area contributed by atoms with Gasteiger partial charge in [0.05, 0.1) is 17.8 Å². The lowest BCUT2D eigenvalue weighted by molar-refractivity contribution is -0.293. The molecule has 3 nitrogen and oxygen atoms in total. The summed E-state index contributed by atoms with van der Waals surface area (Å²) in [6, 6.07) is 0. The minimum atomic E-state index is -0.612. The molecule has 5 rings (SSSR count). The van der Waals surface area contributed by atoms with Crippen molar-refractivity contribution in [3.8, 4) is 0 Å². The quantitative estimate of drug-likeness (QED) is 0.404. The SMILES string of the molecule is C[C@@H]1CC[C@]2(C)CC[C@]3(C)C(CCC4[C@@]5(C)CC[C@H](O)C(C)(C)C5[C@@H](O)C[C@]43C)[C@H]2[C@@]1(C)O. The van der Waals surface area contributed by atoms with Crippen LogP contribution in [-0.4, -0.2) is 33.1 Å². The summed E-state index contributed by atoms with van der Waals surface area (Å²) in [4.78, 5) is 0. The summed E-state index contributed by atoms with van der Waals surface area (Å²) in [5.41, 5.74) is -0.363. The number of hydrogen-bond donors (Lipinski definition) is 3. The first-order valence-electron chi connectivity index (χ1n) is 14.1. The minimum Gasteiger partial charge on any atom is -0.393 e. The third kappa shape index (κ3) is 2.85. The van der Waals surface area contributed by atoms with Crippen molar-refractivity contribution in [2.24, 2.45) is 56.7 Å². The van der Waals surface area contributed by atoms with Crippen LogP contribution in [0, 0.1) is 56.7 Å². The van der Waals surface area contributed by atoms with Gasteiger partial charge in [-0.3, -0.25) is 0 Å². The van der Waals surface area contributed by atoms with Crippen molar-refractivity contribution in [3.63, 3.8) is 0 Å². The summed E-state index contributed by atoms with van der Waals surface area (Å²) >= 11 is 0. The van der Waals surface area contributed by atoms with Crippen LogP contribution in [0.4, 0.5) is 0 Å². The molecule has 3 heteroatoms. The van der Waals surface area contributed by atoms with Crippen molar-refractivity contribution in [2.75, 3.05) is 0 Å². The van der Waals surface area contributed by atoms with E-state index in [0.29, 0.717) is 23.7 Å². The van der Waals surface area contributed by atoms with Crippen LogP contribution in [0.5, 0.6) is 0 Å². The number of fused-ring (bicyclic) bond motifs is 7. The van der Waals surface area contributed by atoms with Gasteiger partial charge in [-0.05, 0) is 121 Å². The summed E-state index contributed by atoms with van der Waals surface area (Å²) in [6.45, 7) is 18.8. The molecule has 0 aromatic carbocycles. The van der Waals surface area contributed by atoms with E-state index in [1.165, 1.54) is 32.1 Å². The predicted molar refractivity (Wildman–Crippen MR) is 134 cm³/mol. The van der Waals surface area contributed by atoms with Crippen molar-refractivity contribution < 1.29 is 15.3 Å². The Balaban J connectivity index is 1.59. The second-order valence-electron chi connectivity index (χ2n) is 15.5. The van der Waals surface area contributed by atoms with Gasteiger partial charge in [0.1, 0.15) is 0 Å². The first-order chi connectivity index (χ1) is 15.1. The van der Waals surface area contributed by atoms with Gasteiger partial charge in [-0.2, -0.15) is 0 Å². The van der Waals surface area contributed by atoms with Crippen LogP contribution >= 0.6 is 0 Å². The molecule has 0 aromatic heterocycles. The maximum absolute atomic E-state index is 11.9. The van der Waals surface area contributed by atoms with Crippen molar-refractivity contribution in [1.82, 2.24) is 0 Å². The van der Waals surface area contributed by atoms with Gasteiger partial charge in [0.15, 0.2) is 0 Å². The topological polar surface area (TPSA) is 60.7 Å². The fraction of sp³-hybridized carbons (Fsp3) is 1.00. The molecule has 0 aliphatic heterocycles. The van der Waals surface area contributed by atoms with Crippen LogP contribution in [0.1, 0.15) is 113 Å². The highest BCUT2D eigenvalue weighted by atomic mass is 16.3. The Morgan fingerprint density at radius 3 is 2.03 bits per heavy atom. The summed E-state index contributed by atoms with van der Waals surface area (Å²) < 4.78 is 0. The molecule has 0 heterocycles. The van der Waals surface area contributed by atoms with Gasteiger partial charge >= 0.3 is 0 Å². The van der Waals surface area contributed by atoms with E-state index in [1.54, 1.807) is 0 Å². The summed E-state index contributed by atoms with van der Waals surface area (Å²) in [5, 5.41) is 34.7. The highest BCUT2D eigenvalue weighted by Crippen LogP contribution is 2.77. The van der Waals surface area contributed by atoms with Gasteiger partial charge in [0.2, 0.25) is 0 Å². The zero-order valence-electron chi connectivity index (χ0n) is 22.7. The lowest BCUT2D eigenvalue weighted by Crippen LogP contribution is -2.71. The van der Waals surface area contributed by atoms with E-state index in [2.05, 4.69) is 55.4 Å². The van der Waals surface area contributed by atoms with E-state index in [1.807, 2.05) is 0 Å². The Kier molecular flexibility index (Phi) is 5.21. The van der Waals surface area contributed by atoms with Gasteiger partial charge in [0.25, 0.3) is 0 Å². The predicted octanol–water partition coefficient (Wildman–Crippen LogP) is 6.19. The smallest absolute Gasteiger partial charge is 0.0681 e. The van der Waals surface area contributed by atoms with Crippen LogP contribution in [-0.2, 0) is 0 Å². The van der Waals surface area contributed by atoms with Gasteiger partial charge < -0.3 is 15.3 Å². The zero-order chi connectivity index (χ0) is 24.4. The maximum Gasteiger partial charge on any atom is 0.0681 e. The van der Waals surface area contributed by atoms with Gasteiger partial charge in [-0.1, -0.05) is 48.5 Å². The Bertz CT molecular complexity index is 800.